The lowest BCUT2D eigenvalue weighted by molar-refractivity contribution is 0.0398. The molecule has 3 heterocycles. The minimum atomic E-state index is 0.232. The van der Waals surface area contributed by atoms with Crippen molar-refractivity contribution in [2.75, 3.05) is 50.0 Å². The van der Waals surface area contributed by atoms with Gasteiger partial charge in [0.2, 0.25) is 5.95 Å². The molecule has 0 atom stereocenters. The number of anilines is 3. The number of nitrogens with one attached hydrogen (secondary N) is 2. The summed E-state index contributed by atoms with van der Waals surface area (Å²) in [7, 11) is 0. The molecule has 0 radical (unpaired) electrons. The zero-order valence-corrected chi connectivity index (χ0v) is 16.4. The number of ether oxygens (including phenoxy) is 1. The van der Waals surface area contributed by atoms with E-state index < -0.39 is 0 Å². The van der Waals surface area contributed by atoms with Crippen LogP contribution in [0.25, 0.3) is 11.2 Å². The van der Waals surface area contributed by atoms with E-state index in [0.29, 0.717) is 5.82 Å². The monoisotopic (exact) mass is 381 g/mol. The highest BCUT2D eigenvalue weighted by molar-refractivity contribution is 5.87. The van der Waals surface area contributed by atoms with E-state index in [4.69, 9.17) is 9.72 Å². The maximum Gasteiger partial charge on any atom is 0.205 e. The Morgan fingerprint density at radius 2 is 1.89 bits per heavy atom. The van der Waals surface area contributed by atoms with Crippen molar-refractivity contribution in [3.63, 3.8) is 0 Å². The van der Waals surface area contributed by atoms with Crippen molar-refractivity contribution in [2.45, 2.75) is 19.9 Å². The smallest absolute Gasteiger partial charge is 0.205 e. The molecule has 2 N–H and O–H groups in total. The van der Waals surface area contributed by atoms with Gasteiger partial charge >= 0.3 is 0 Å². The lowest BCUT2D eigenvalue weighted by Crippen LogP contribution is -2.39. The minimum Gasteiger partial charge on any atom is -0.379 e. The molecule has 28 heavy (non-hydrogen) atoms. The Bertz CT molecular complexity index is 904. The number of nitrogens with zero attached hydrogens (tertiary/aromatic N) is 5. The molecular formula is C20H27N7O. The van der Waals surface area contributed by atoms with E-state index in [1.807, 2.05) is 30.3 Å². The summed E-state index contributed by atoms with van der Waals surface area (Å²) in [6, 6.07) is 10.2. The molecule has 8 heteroatoms. The van der Waals surface area contributed by atoms with Gasteiger partial charge in [-0.15, -0.1) is 0 Å². The van der Waals surface area contributed by atoms with Crippen molar-refractivity contribution in [3.8, 4) is 0 Å². The molecule has 0 bridgehead atoms. The number of imidazole rings is 1. The summed E-state index contributed by atoms with van der Waals surface area (Å²) in [4.78, 5) is 16.2. The van der Waals surface area contributed by atoms with Crippen molar-refractivity contribution >= 4 is 28.6 Å². The molecular weight excluding hydrogens is 354 g/mol. The van der Waals surface area contributed by atoms with Gasteiger partial charge in [0.05, 0.1) is 13.2 Å². The van der Waals surface area contributed by atoms with Gasteiger partial charge in [0.1, 0.15) is 6.33 Å². The van der Waals surface area contributed by atoms with Crippen LogP contribution in [0, 0.1) is 0 Å². The first kappa shape index (κ1) is 18.6. The highest BCUT2D eigenvalue weighted by Crippen LogP contribution is 2.28. The third-order valence-corrected chi connectivity index (χ3v) is 4.84. The Labute approximate surface area is 164 Å². The third-order valence-electron chi connectivity index (χ3n) is 4.84. The molecule has 148 valence electrons. The molecule has 0 spiro atoms. The number of aromatic nitrogens is 4. The normalized spacial score (nSPS) is 15.2. The predicted molar refractivity (Wildman–Crippen MR) is 111 cm³/mol. The van der Waals surface area contributed by atoms with E-state index in [1.165, 1.54) is 0 Å². The van der Waals surface area contributed by atoms with Gasteiger partial charge in [0, 0.05) is 37.9 Å². The molecule has 1 fully saturated rings. The summed E-state index contributed by atoms with van der Waals surface area (Å²) in [5.74, 6) is 1.54. The Morgan fingerprint density at radius 3 is 2.64 bits per heavy atom. The number of fused-ring (bicyclic) bond motifs is 1. The fourth-order valence-electron chi connectivity index (χ4n) is 3.42. The number of para-hydroxylation sites is 1. The Hall–Kier alpha value is -2.71. The van der Waals surface area contributed by atoms with Gasteiger partial charge in [0.15, 0.2) is 17.0 Å². The fourth-order valence-corrected chi connectivity index (χ4v) is 3.42. The SMILES string of the molecule is CC(C)n1c(NCCN2CCOCC2)nc2c(Nc3ccccc3)ncnc21. The zero-order chi connectivity index (χ0) is 19.3. The predicted octanol–water partition coefficient (Wildman–Crippen LogP) is 2.89. The highest BCUT2D eigenvalue weighted by Gasteiger charge is 2.18. The van der Waals surface area contributed by atoms with Gasteiger partial charge in [-0.05, 0) is 26.0 Å². The summed E-state index contributed by atoms with van der Waals surface area (Å²) in [5, 5.41) is 6.85. The van der Waals surface area contributed by atoms with E-state index >= 15 is 0 Å². The van der Waals surface area contributed by atoms with Crippen molar-refractivity contribution in [1.29, 1.82) is 0 Å². The Morgan fingerprint density at radius 1 is 1.11 bits per heavy atom. The first-order valence-corrected chi connectivity index (χ1v) is 9.81. The number of hydrogen-bond acceptors (Lipinski definition) is 7. The van der Waals surface area contributed by atoms with Gasteiger partial charge < -0.3 is 15.4 Å². The van der Waals surface area contributed by atoms with E-state index in [2.05, 4.69) is 43.9 Å². The van der Waals surface area contributed by atoms with Crippen molar-refractivity contribution in [3.05, 3.63) is 36.7 Å². The van der Waals surface area contributed by atoms with Gasteiger partial charge in [-0.3, -0.25) is 9.47 Å². The lowest BCUT2D eigenvalue weighted by Gasteiger charge is -2.26. The standard InChI is InChI=1S/C20H27N7O/c1-15(2)27-19-17(18(22-14-23-19)24-16-6-4-3-5-7-16)25-20(27)21-8-9-26-10-12-28-13-11-26/h3-7,14-15H,8-13H2,1-2H3,(H,21,25)(H,22,23,24). The maximum absolute atomic E-state index is 5.42. The van der Waals surface area contributed by atoms with Crippen LogP contribution in [0.3, 0.4) is 0 Å². The van der Waals surface area contributed by atoms with Gasteiger partial charge in [-0.25, -0.2) is 15.0 Å². The van der Waals surface area contributed by atoms with Crippen molar-refractivity contribution < 1.29 is 4.74 Å². The summed E-state index contributed by atoms with van der Waals surface area (Å²) >= 11 is 0. The number of rotatable bonds is 7. The van der Waals surface area contributed by atoms with E-state index in [0.717, 1.165) is 62.2 Å². The molecule has 1 saturated heterocycles. The molecule has 0 unspecified atom stereocenters. The molecule has 3 aromatic rings. The molecule has 4 rings (SSSR count). The molecule has 1 aromatic carbocycles. The van der Waals surface area contributed by atoms with Crippen LogP contribution >= 0.6 is 0 Å². The average molecular weight is 381 g/mol. The van der Waals surface area contributed by atoms with Crippen LogP contribution in [-0.2, 0) is 4.74 Å². The molecule has 2 aromatic heterocycles. The molecule has 0 amide bonds. The lowest BCUT2D eigenvalue weighted by atomic mass is 10.3. The third kappa shape index (κ3) is 4.07. The second-order valence-electron chi connectivity index (χ2n) is 7.17. The molecule has 8 nitrogen and oxygen atoms in total. The number of benzene rings is 1. The molecule has 1 aliphatic heterocycles. The summed E-state index contributed by atoms with van der Waals surface area (Å²) in [6.07, 6.45) is 1.59. The van der Waals surface area contributed by atoms with Crippen molar-refractivity contribution in [1.82, 2.24) is 24.4 Å². The summed E-state index contributed by atoms with van der Waals surface area (Å²) in [6.45, 7) is 9.67. The van der Waals surface area contributed by atoms with Crippen LogP contribution in [0.4, 0.5) is 17.5 Å². The Balaban J connectivity index is 1.57. The maximum atomic E-state index is 5.42. The van der Waals surface area contributed by atoms with Crippen LogP contribution in [0.15, 0.2) is 36.7 Å². The van der Waals surface area contributed by atoms with Gasteiger partial charge in [0.25, 0.3) is 0 Å². The second kappa shape index (κ2) is 8.53. The Kier molecular flexibility index (Phi) is 5.68. The highest BCUT2D eigenvalue weighted by atomic mass is 16.5. The van der Waals surface area contributed by atoms with E-state index in [-0.39, 0.29) is 6.04 Å². The van der Waals surface area contributed by atoms with E-state index in [1.54, 1.807) is 6.33 Å². The number of morpholine rings is 1. The van der Waals surface area contributed by atoms with Gasteiger partial charge in [-0.1, -0.05) is 18.2 Å². The second-order valence-corrected chi connectivity index (χ2v) is 7.17. The summed E-state index contributed by atoms with van der Waals surface area (Å²) in [5.41, 5.74) is 2.58. The van der Waals surface area contributed by atoms with Crippen LogP contribution < -0.4 is 10.6 Å². The fraction of sp³-hybridized carbons (Fsp3) is 0.450. The first-order chi connectivity index (χ1) is 13.7. The zero-order valence-electron chi connectivity index (χ0n) is 16.4. The largest absolute Gasteiger partial charge is 0.379 e. The quantitative estimate of drug-likeness (QED) is 0.651. The van der Waals surface area contributed by atoms with Crippen LogP contribution in [0.2, 0.25) is 0 Å². The number of hydrogen-bond donors (Lipinski definition) is 2. The van der Waals surface area contributed by atoms with E-state index in [9.17, 15) is 0 Å². The van der Waals surface area contributed by atoms with Crippen LogP contribution in [0.1, 0.15) is 19.9 Å². The average Bonchev–Trinajstić information content (AvgIpc) is 3.09. The van der Waals surface area contributed by atoms with Gasteiger partial charge in [-0.2, -0.15) is 0 Å². The molecule has 1 aliphatic rings. The topological polar surface area (TPSA) is 80.1 Å². The minimum absolute atomic E-state index is 0.232. The van der Waals surface area contributed by atoms with Crippen molar-refractivity contribution in [2.24, 2.45) is 0 Å². The van der Waals surface area contributed by atoms with Crippen LogP contribution in [-0.4, -0.2) is 63.8 Å². The summed E-state index contributed by atoms with van der Waals surface area (Å²) < 4.78 is 7.55. The molecule has 0 aliphatic carbocycles. The van der Waals surface area contributed by atoms with Crippen LogP contribution in [0.5, 0.6) is 0 Å². The molecule has 0 saturated carbocycles. The first-order valence-electron chi connectivity index (χ1n) is 9.81.